The van der Waals surface area contributed by atoms with Gasteiger partial charge in [0.25, 0.3) is 0 Å². The van der Waals surface area contributed by atoms with Crippen LogP contribution in [-0.4, -0.2) is 48.8 Å². The van der Waals surface area contributed by atoms with Crippen molar-refractivity contribution in [3.63, 3.8) is 0 Å². The molecule has 6 rings (SSSR count). The number of esters is 3. The van der Waals surface area contributed by atoms with Gasteiger partial charge in [-0.25, -0.2) is 0 Å². The maximum absolute atomic E-state index is 11.0. The fourth-order valence-corrected chi connectivity index (χ4v) is 8.16. The van der Waals surface area contributed by atoms with E-state index in [-0.39, 0.29) is 30.5 Å². The van der Waals surface area contributed by atoms with Crippen LogP contribution >= 0.6 is 0 Å². The second kappa shape index (κ2) is 10.5. The zero-order chi connectivity index (χ0) is 24.8. The summed E-state index contributed by atoms with van der Waals surface area (Å²) in [6, 6.07) is 0. The summed E-state index contributed by atoms with van der Waals surface area (Å²) in [6.45, 7) is 9.89. The van der Waals surface area contributed by atoms with Crippen LogP contribution in [0.25, 0.3) is 0 Å². The van der Waals surface area contributed by atoms with E-state index in [0.717, 1.165) is 31.0 Å². The van der Waals surface area contributed by atoms with Gasteiger partial charge in [-0.1, -0.05) is 21.3 Å². The largest absolute Gasteiger partial charge is 0.435 e. The molecule has 4 bridgehead atoms. The summed E-state index contributed by atoms with van der Waals surface area (Å²) in [4.78, 5) is 30.7. The van der Waals surface area contributed by atoms with E-state index < -0.39 is 18.2 Å². The maximum atomic E-state index is 11.0. The highest BCUT2D eigenvalue weighted by Gasteiger charge is 2.64. The zero-order valence-corrected chi connectivity index (χ0v) is 21.1. The van der Waals surface area contributed by atoms with E-state index in [1.807, 2.05) is 0 Å². The van der Waals surface area contributed by atoms with Crippen molar-refractivity contribution in [2.45, 2.75) is 93.2 Å². The molecule has 35 heavy (non-hydrogen) atoms. The third-order valence-electron chi connectivity index (χ3n) is 9.90. The van der Waals surface area contributed by atoms with Gasteiger partial charge in [0.1, 0.15) is 0 Å². The van der Waals surface area contributed by atoms with E-state index in [1.165, 1.54) is 59.3 Å². The minimum atomic E-state index is -0.562. The van der Waals surface area contributed by atoms with Crippen molar-refractivity contribution in [1.82, 2.24) is 0 Å². The van der Waals surface area contributed by atoms with Gasteiger partial charge in [-0.05, 0) is 74.0 Å². The van der Waals surface area contributed by atoms with Gasteiger partial charge >= 0.3 is 17.9 Å². The Kier molecular flexibility index (Phi) is 8.39. The first kappa shape index (κ1) is 28.1. The van der Waals surface area contributed by atoms with Gasteiger partial charge in [-0.2, -0.15) is 0 Å². The van der Waals surface area contributed by atoms with Crippen molar-refractivity contribution >= 4 is 17.9 Å². The number of hydrogen-bond donors (Lipinski definition) is 1. The summed E-state index contributed by atoms with van der Waals surface area (Å²) in [5.41, 5.74) is 0.220. The van der Waals surface area contributed by atoms with E-state index in [1.54, 1.807) is 0 Å². The third-order valence-corrected chi connectivity index (χ3v) is 9.90. The molecule has 4 aliphatic carbocycles. The molecule has 6 aliphatic rings. The minimum absolute atomic E-state index is 0. The Hall–Kier alpha value is -1.51. The number of carbonyl (C=O) groups excluding carboxylic acids is 3. The molecule has 200 valence electrons. The average Bonchev–Trinajstić information content (AvgIpc) is 3.54. The first-order valence-electron chi connectivity index (χ1n) is 12.7. The Morgan fingerprint density at radius 2 is 1.26 bits per heavy atom. The summed E-state index contributed by atoms with van der Waals surface area (Å²) < 4.78 is 20.3. The SMILES string of the molecule is C.CC(=O)OC(C)=O.CC(=O)OC1OCC2C3CC[C@@H](C3)[C@]12C.C[C@@]12C(O)OCC1C1CC[C@H]2C1. The summed E-state index contributed by atoms with van der Waals surface area (Å²) >= 11 is 0. The summed E-state index contributed by atoms with van der Waals surface area (Å²) in [6.07, 6.45) is 7.25. The third kappa shape index (κ3) is 4.90. The number of aliphatic hydroxyl groups excluding tert-OH is 1. The first-order valence-corrected chi connectivity index (χ1v) is 12.7. The first-order chi connectivity index (χ1) is 16.0. The smallest absolute Gasteiger partial charge is 0.310 e. The molecule has 6 fully saturated rings. The van der Waals surface area contributed by atoms with Crippen LogP contribution < -0.4 is 0 Å². The number of carbonyl (C=O) groups is 3. The van der Waals surface area contributed by atoms with Gasteiger partial charge in [0.2, 0.25) is 6.29 Å². The Morgan fingerprint density at radius 1 is 0.771 bits per heavy atom. The minimum Gasteiger partial charge on any atom is -0.435 e. The fourth-order valence-electron chi connectivity index (χ4n) is 8.16. The van der Waals surface area contributed by atoms with Crippen LogP contribution in [0.3, 0.4) is 0 Å². The van der Waals surface area contributed by atoms with Crippen LogP contribution in [0.2, 0.25) is 0 Å². The van der Waals surface area contributed by atoms with Crippen LogP contribution in [0.5, 0.6) is 0 Å². The number of fused-ring (bicyclic) bond motifs is 10. The van der Waals surface area contributed by atoms with Crippen molar-refractivity contribution < 1.29 is 38.4 Å². The predicted octanol–water partition coefficient (Wildman–Crippen LogP) is 4.08. The molecule has 2 saturated heterocycles. The predicted molar refractivity (Wildman–Crippen MR) is 127 cm³/mol. The highest BCUT2D eigenvalue weighted by molar-refractivity contribution is 5.82. The number of hydrogen-bond acceptors (Lipinski definition) is 8. The van der Waals surface area contributed by atoms with E-state index in [0.29, 0.717) is 17.8 Å². The summed E-state index contributed by atoms with van der Waals surface area (Å²) in [7, 11) is 0. The van der Waals surface area contributed by atoms with Crippen LogP contribution in [-0.2, 0) is 33.3 Å². The summed E-state index contributed by atoms with van der Waals surface area (Å²) in [5, 5.41) is 9.76. The molecule has 0 aromatic carbocycles. The molecule has 8 nitrogen and oxygen atoms in total. The Balaban J connectivity index is 0.000000155. The molecular weight excluding hydrogens is 452 g/mol. The Labute approximate surface area is 209 Å². The van der Waals surface area contributed by atoms with Crippen molar-refractivity contribution in [2.24, 2.45) is 46.3 Å². The normalized spacial score (nSPS) is 45.2. The highest BCUT2D eigenvalue weighted by atomic mass is 16.7. The van der Waals surface area contributed by atoms with Crippen molar-refractivity contribution in [3.8, 4) is 0 Å². The lowest BCUT2D eigenvalue weighted by molar-refractivity contribution is -0.188. The lowest BCUT2D eigenvalue weighted by atomic mass is 9.68. The quantitative estimate of drug-likeness (QED) is 0.427. The average molecular weight is 497 g/mol. The molecule has 0 aromatic rings. The zero-order valence-electron chi connectivity index (χ0n) is 21.1. The molecule has 2 heterocycles. The lowest BCUT2D eigenvalue weighted by Gasteiger charge is -2.37. The molecule has 10 atom stereocenters. The topological polar surface area (TPSA) is 108 Å². The van der Waals surface area contributed by atoms with Gasteiger partial charge in [-0.15, -0.1) is 0 Å². The van der Waals surface area contributed by atoms with E-state index in [4.69, 9.17) is 14.2 Å². The van der Waals surface area contributed by atoms with Crippen molar-refractivity contribution in [2.75, 3.05) is 13.2 Å². The number of ether oxygens (including phenoxy) is 4. The molecule has 0 spiro atoms. The molecule has 4 saturated carbocycles. The second-order valence-electron chi connectivity index (χ2n) is 11.5. The van der Waals surface area contributed by atoms with Gasteiger partial charge in [0.15, 0.2) is 6.29 Å². The van der Waals surface area contributed by atoms with Crippen LogP contribution in [0, 0.1) is 46.3 Å². The fraction of sp³-hybridized carbons (Fsp3) is 0.889. The molecule has 0 radical (unpaired) electrons. The van der Waals surface area contributed by atoms with Gasteiger partial charge in [-0.3, -0.25) is 14.4 Å². The molecular formula is C27H44O8. The standard InChI is InChI=1S/C12H18O3.C10H16O2.C4H6O3.CH4/c1-7(13)15-11-12(2)9-4-3-8(5-9)10(12)6-14-11;1-10-7-3-2-6(4-7)8(10)5-12-9(10)11;1-3(5)7-4(2)6;/h8-11H,3-6H2,1-2H3;6-9,11H,2-5H2,1H3;1-2H3;1H4/t8?,9-,10?,11?,12-;6?,7-,8?,9?,10-;;/m00../s1. The highest BCUT2D eigenvalue weighted by Crippen LogP contribution is 2.65. The van der Waals surface area contributed by atoms with Gasteiger partial charge in [0.05, 0.1) is 13.2 Å². The molecule has 0 aromatic heterocycles. The Bertz CT molecular complexity index is 801. The van der Waals surface area contributed by atoms with Gasteiger partial charge in [0, 0.05) is 31.6 Å². The van der Waals surface area contributed by atoms with E-state index >= 15 is 0 Å². The lowest BCUT2D eigenvalue weighted by Crippen LogP contribution is -2.40. The molecule has 6 unspecified atom stereocenters. The van der Waals surface area contributed by atoms with Crippen LogP contribution in [0.1, 0.15) is 80.6 Å². The van der Waals surface area contributed by atoms with Crippen molar-refractivity contribution in [1.29, 1.82) is 0 Å². The van der Waals surface area contributed by atoms with Crippen molar-refractivity contribution in [3.05, 3.63) is 0 Å². The maximum Gasteiger partial charge on any atom is 0.310 e. The monoisotopic (exact) mass is 496 g/mol. The number of rotatable bonds is 1. The molecule has 1 N–H and O–H groups in total. The molecule has 0 amide bonds. The summed E-state index contributed by atoms with van der Waals surface area (Å²) in [5.74, 6) is 3.07. The van der Waals surface area contributed by atoms with E-state index in [9.17, 15) is 19.5 Å². The molecule has 2 aliphatic heterocycles. The second-order valence-corrected chi connectivity index (χ2v) is 11.5. The Morgan fingerprint density at radius 3 is 1.71 bits per heavy atom. The van der Waals surface area contributed by atoms with Crippen LogP contribution in [0.15, 0.2) is 0 Å². The van der Waals surface area contributed by atoms with Crippen LogP contribution in [0.4, 0.5) is 0 Å². The molecule has 8 heteroatoms. The van der Waals surface area contributed by atoms with E-state index in [2.05, 4.69) is 18.6 Å². The number of aliphatic hydroxyl groups is 1. The van der Waals surface area contributed by atoms with Gasteiger partial charge < -0.3 is 24.1 Å².